The topological polar surface area (TPSA) is 0 Å². The van der Waals surface area contributed by atoms with Crippen LogP contribution in [0, 0.1) is 0 Å². The summed E-state index contributed by atoms with van der Waals surface area (Å²) in [7, 11) is 0. The summed E-state index contributed by atoms with van der Waals surface area (Å²) >= 11 is -0.994. The first-order valence-electron chi connectivity index (χ1n) is 8.85. The molecule has 1 atom stereocenters. The van der Waals surface area contributed by atoms with E-state index in [1.165, 1.54) is 18.4 Å². The Hall–Kier alpha value is -0.690. The molecule has 0 aromatic heterocycles. The number of fused-ring (bicyclic) bond motifs is 1. The quantitative estimate of drug-likeness (QED) is 0.421. The van der Waals surface area contributed by atoms with Crippen molar-refractivity contribution >= 4 is 6.08 Å². The van der Waals surface area contributed by atoms with Gasteiger partial charge in [0.2, 0.25) is 0 Å². The molecule has 0 saturated heterocycles. The Balaban J connectivity index is 1.98. The minimum atomic E-state index is -0.994. The summed E-state index contributed by atoms with van der Waals surface area (Å²) in [4.78, 5) is 0. The van der Waals surface area contributed by atoms with Gasteiger partial charge in [0.25, 0.3) is 0 Å². The number of rotatable bonds is 4. The van der Waals surface area contributed by atoms with E-state index in [9.17, 15) is 0 Å². The van der Waals surface area contributed by atoms with Crippen LogP contribution in [0.2, 0.25) is 3.17 Å². The molecule has 0 radical (unpaired) electrons. The van der Waals surface area contributed by atoms with Crippen molar-refractivity contribution in [2.24, 2.45) is 0 Å². The first-order chi connectivity index (χ1) is 10.9. The van der Waals surface area contributed by atoms with E-state index in [0.29, 0.717) is 9.09 Å². The normalized spacial score (nSPS) is 22.5. The average molecular weight is 471 g/mol. The van der Waals surface area contributed by atoms with Gasteiger partial charge in [0, 0.05) is 0 Å². The first-order valence-corrected chi connectivity index (χ1v) is 12.4. The molecule has 23 heavy (non-hydrogen) atoms. The summed E-state index contributed by atoms with van der Waals surface area (Å²) in [6, 6.07) is 9.08. The molecule has 0 heterocycles. The van der Waals surface area contributed by atoms with E-state index < -0.39 is 22.9 Å². The second-order valence-electron chi connectivity index (χ2n) is 7.32. The van der Waals surface area contributed by atoms with Gasteiger partial charge in [0.1, 0.15) is 0 Å². The zero-order valence-corrected chi connectivity index (χ0v) is 19.0. The van der Waals surface area contributed by atoms with Crippen molar-refractivity contribution in [3.8, 4) is 0 Å². The fraction of sp³-hybridized carbons (Fsp3) is 0.455. The van der Waals surface area contributed by atoms with E-state index in [1.807, 2.05) is 3.33 Å². The Morgan fingerprint density at radius 3 is 2.22 bits per heavy atom. The molecular weight excluding hydrogens is 443 g/mol. The summed E-state index contributed by atoms with van der Waals surface area (Å²) in [5, 5.41) is 0. The predicted octanol–water partition coefficient (Wildman–Crippen LogP) is 6.87. The molecule has 0 amide bonds. The Morgan fingerprint density at radius 2 is 1.61 bits per heavy atom. The summed E-state index contributed by atoms with van der Waals surface area (Å²) in [6.45, 7) is 14.3. The summed E-state index contributed by atoms with van der Waals surface area (Å²) in [5.74, 6) is 0.707. The molecular formula is C22H28Hf. The van der Waals surface area contributed by atoms with Crippen LogP contribution in [0.3, 0.4) is 0 Å². The van der Waals surface area contributed by atoms with E-state index >= 15 is 0 Å². The number of allylic oxidation sites excluding steroid dienone is 5. The predicted molar refractivity (Wildman–Crippen MR) is 97.2 cm³/mol. The fourth-order valence-corrected chi connectivity index (χ4v) is 11.5. The van der Waals surface area contributed by atoms with Gasteiger partial charge in [-0.2, -0.15) is 0 Å². The third-order valence-corrected chi connectivity index (χ3v) is 13.5. The van der Waals surface area contributed by atoms with Gasteiger partial charge in [0.05, 0.1) is 0 Å². The Morgan fingerprint density at radius 1 is 1.00 bits per heavy atom. The SMILES string of the molecule is CCCC1[C]([Hf][C]2(C)C(C)=C(C)C(C)=C2C)=Cc2ccccc21. The fourth-order valence-electron chi connectivity index (χ4n) is 4.19. The van der Waals surface area contributed by atoms with Crippen molar-refractivity contribution in [2.75, 3.05) is 0 Å². The molecule has 2 aliphatic carbocycles. The Bertz CT molecular complexity index is 706. The number of hydrogen-bond donors (Lipinski definition) is 0. The van der Waals surface area contributed by atoms with Crippen LogP contribution >= 0.6 is 0 Å². The second kappa shape index (κ2) is 6.31. The van der Waals surface area contributed by atoms with E-state index in [-0.39, 0.29) is 0 Å². The third-order valence-electron chi connectivity index (χ3n) is 6.22. The van der Waals surface area contributed by atoms with Crippen molar-refractivity contribution in [3.63, 3.8) is 0 Å². The average Bonchev–Trinajstić information content (AvgIpc) is 2.95. The van der Waals surface area contributed by atoms with Gasteiger partial charge in [-0.25, -0.2) is 0 Å². The number of hydrogen-bond acceptors (Lipinski definition) is 0. The van der Waals surface area contributed by atoms with Crippen molar-refractivity contribution in [1.82, 2.24) is 0 Å². The van der Waals surface area contributed by atoms with Crippen LogP contribution in [0.25, 0.3) is 6.08 Å². The minimum absolute atomic E-state index is 0.397. The van der Waals surface area contributed by atoms with Gasteiger partial charge in [0.15, 0.2) is 0 Å². The van der Waals surface area contributed by atoms with Crippen molar-refractivity contribution < 1.29 is 22.9 Å². The molecule has 0 spiro atoms. The molecule has 120 valence electrons. The molecule has 1 aromatic carbocycles. The first kappa shape index (κ1) is 17.1. The standard InChI is InChI=1S/C12H13.C10H15.Hf/c1-2-5-10-8-9-11-6-3-4-7-12(10)11;1-6-7(2)9(4)10(5)8(6)3;/h3-4,6-7,9-10H,2,5H2,1H3;1-5H3;. The summed E-state index contributed by atoms with van der Waals surface area (Å²) in [6.07, 6.45) is 5.15. The van der Waals surface area contributed by atoms with Gasteiger partial charge < -0.3 is 0 Å². The van der Waals surface area contributed by atoms with Crippen LogP contribution in [-0.2, 0) is 22.9 Å². The third kappa shape index (κ3) is 2.69. The van der Waals surface area contributed by atoms with Crippen molar-refractivity contribution in [3.05, 3.63) is 61.0 Å². The monoisotopic (exact) mass is 472 g/mol. The van der Waals surface area contributed by atoms with Gasteiger partial charge in [-0.15, -0.1) is 0 Å². The van der Waals surface area contributed by atoms with Crippen LogP contribution in [0.1, 0.15) is 71.4 Å². The van der Waals surface area contributed by atoms with Gasteiger partial charge >= 0.3 is 153 Å². The van der Waals surface area contributed by atoms with Crippen LogP contribution in [0.5, 0.6) is 0 Å². The second-order valence-corrected chi connectivity index (χ2v) is 13.9. The number of benzene rings is 1. The van der Waals surface area contributed by atoms with Gasteiger partial charge in [-0.1, -0.05) is 0 Å². The van der Waals surface area contributed by atoms with Crippen LogP contribution in [0.15, 0.2) is 49.9 Å². The molecule has 0 nitrogen and oxygen atoms in total. The van der Waals surface area contributed by atoms with Crippen molar-refractivity contribution in [1.29, 1.82) is 0 Å². The molecule has 3 rings (SSSR count). The maximum atomic E-state index is 2.56. The molecule has 0 bridgehead atoms. The Labute approximate surface area is 153 Å². The van der Waals surface area contributed by atoms with Crippen LogP contribution in [-0.4, -0.2) is 0 Å². The van der Waals surface area contributed by atoms with Crippen molar-refractivity contribution in [2.45, 2.75) is 63.5 Å². The molecule has 1 aromatic rings. The van der Waals surface area contributed by atoms with Gasteiger partial charge in [-0.3, -0.25) is 0 Å². The van der Waals surface area contributed by atoms with E-state index in [1.54, 1.807) is 27.9 Å². The van der Waals surface area contributed by atoms with E-state index in [2.05, 4.69) is 71.9 Å². The van der Waals surface area contributed by atoms with Gasteiger partial charge in [-0.05, 0) is 0 Å². The Kier molecular flexibility index (Phi) is 4.71. The molecule has 0 saturated carbocycles. The van der Waals surface area contributed by atoms with E-state index in [4.69, 9.17) is 0 Å². The molecule has 0 N–H and O–H groups in total. The van der Waals surface area contributed by atoms with Crippen LogP contribution in [0.4, 0.5) is 0 Å². The molecule has 2 aliphatic rings. The zero-order chi connectivity index (χ0) is 16.8. The molecule has 1 heteroatoms. The summed E-state index contributed by atoms with van der Waals surface area (Å²) in [5.41, 5.74) is 9.51. The molecule has 1 unspecified atom stereocenters. The molecule has 0 fully saturated rings. The maximum absolute atomic E-state index is 2.56. The molecule has 0 aliphatic heterocycles. The summed E-state index contributed by atoms with van der Waals surface area (Å²) < 4.78 is 2.23. The van der Waals surface area contributed by atoms with E-state index in [0.717, 1.165) is 0 Å². The van der Waals surface area contributed by atoms with Crippen LogP contribution < -0.4 is 0 Å². The zero-order valence-electron chi connectivity index (χ0n) is 15.4.